The molecule has 1 unspecified atom stereocenters. The van der Waals surface area contributed by atoms with Crippen LogP contribution in [-0.4, -0.2) is 39.2 Å². The number of aromatic nitrogens is 1. The molecular formula is C13H20N2O2. The fourth-order valence-electron chi connectivity index (χ4n) is 2.25. The molecule has 1 aliphatic heterocycles. The van der Waals surface area contributed by atoms with Crippen molar-refractivity contribution in [2.45, 2.75) is 38.3 Å². The van der Waals surface area contributed by atoms with Crippen LogP contribution >= 0.6 is 0 Å². The van der Waals surface area contributed by atoms with Crippen molar-refractivity contribution in [3.05, 3.63) is 24.5 Å². The molecule has 1 N–H and O–H groups in total. The lowest BCUT2D eigenvalue weighted by Crippen LogP contribution is -2.33. The van der Waals surface area contributed by atoms with Crippen molar-refractivity contribution in [3.8, 4) is 0 Å². The van der Waals surface area contributed by atoms with Gasteiger partial charge in [-0.05, 0) is 31.9 Å². The van der Waals surface area contributed by atoms with Crippen molar-refractivity contribution >= 4 is 5.91 Å². The minimum Gasteiger partial charge on any atom is -0.388 e. The van der Waals surface area contributed by atoms with Crippen LogP contribution in [0.4, 0.5) is 0 Å². The summed E-state index contributed by atoms with van der Waals surface area (Å²) in [5, 5.41) is 9.79. The number of amides is 1. The molecule has 1 aliphatic rings. The first-order valence-corrected chi connectivity index (χ1v) is 6.18. The fourth-order valence-corrected chi connectivity index (χ4v) is 2.25. The molecule has 1 atom stereocenters. The van der Waals surface area contributed by atoms with Gasteiger partial charge in [-0.2, -0.15) is 0 Å². The van der Waals surface area contributed by atoms with Crippen LogP contribution in [0.1, 0.15) is 26.2 Å². The average Bonchev–Trinajstić information content (AvgIpc) is 2.87. The third-order valence-corrected chi connectivity index (χ3v) is 3.28. The van der Waals surface area contributed by atoms with Gasteiger partial charge in [-0.15, -0.1) is 0 Å². The van der Waals surface area contributed by atoms with Gasteiger partial charge < -0.3 is 14.6 Å². The number of hydrogen-bond acceptors (Lipinski definition) is 2. The highest BCUT2D eigenvalue weighted by Gasteiger charge is 2.33. The fraction of sp³-hybridized carbons (Fsp3) is 0.615. The van der Waals surface area contributed by atoms with Gasteiger partial charge in [-0.3, -0.25) is 4.79 Å². The predicted molar refractivity (Wildman–Crippen MR) is 65.5 cm³/mol. The van der Waals surface area contributed by atoms with E-state index in [9.17, 15) is 9.90 Å². The smallest absolute Gasteiger partial charge is 0.222 e. The van der Waals surface area contributed by atoms with Crippen molar-refractivity contribution in [2.75, 3.05) is 13.1 Å². The zero-order valence-corrected chi connectivity index (χ0v) is 10.3. The number of aliphatic hydroxyl groups is 1. The highest BCUT2D eigenvalue weighted by atomic mass is 16.3. The van der Waals surface area contributed by atoms with Crippen LogP contribution in [0.2, 0.25) is 0 Å². The molecule has 1 saturated heterocycles. The van der Waals surface area contributed by atoms with Crippen molar-refractivity contribution in [2.24, 2.45) is 0 Å². The third-order valence-electron chi connectivity index (χ3n) is 3.28. The Kier molecular flexibility index (Phi) is 3.52. The maximum atomic E-state index is 11.9. The molecule has 0 bridgehead atoms. The molecule has 1 amide bonds. The second-order valence-electron chi connectivity index (χ2n) is 5.09. The number of likely N-dealkylation sites (tertiary alicyclic amines) is 1. The van der Waals surface area contributed by atoms with Crippen LogP contribution in [-0.2, 0) is 11.3 Å². The maximum absolute atomic E-state index is 11.9. The lowest BCUT2D eigenvalue weighted by Gasteiger charge is -2.19. The second kappa shape index (κ2) is 4.92. The first kappa shape index (κ1) is 12.2. The molecular weight excluding hydrogens is 216 g/mol. The van der Waals surface area contributed by atoms with Crippen molar-refractivity contribution in [3.63, 3.8) is 0 Å². The summed E-state index contributed by atoms with van der Waals surface area (Å²) in [6, 6.07) is 3.97. The standard InChI is InChI=1S/C13H20N2O2/c1-13(17)6-10-15(11-13)12(16)5-4-9-14-7-2-3-8-14/h2-3,7-8,17H,4-6,9-11H2,1H3. The maximum Gasteiger partial charge on any atom is 0.222 e. The SMILES string of the molecule is CC1(O)CCN(C(=O)CCCn2cccc2)C1. The zero-order chi connectivity index (χ0) is 12.3. The Hall–Kier alpha value is -1.29. The normalized spacial score (nSPS) is 24.2. The Morgan fingerprint density at radius 3 is 2.71 bits per heavy atom. The van der Waals surface area contributed by atoms with Crippen molar-refractivity contribution in [1.29, 1.82) is 0 Å². The van der Waals surface area contributed by atoms with E-state index in [1.807, 2.05) is 24.5 Å². The largest absolute Gasteiger partial charge is 0.388 e. The summed E-state index contributed by atoms with van der Waals surface area (Å²) in [5.74, 6) is 0.162. The molecule has 1 fully saturated rings. The summed E-state index contributed by atoms with van der Waals surface area (Å²) in [7, 11) is 0. The minimum absolute atomic E-state index is 0.162. The number of nitrogens with zero attached hydrogens (tertiary/aromatic N) is 2. The summed E-state index contributed by atoms with van der Waals surface area (Å²) in [6.45, 7) is 3.84. The van der Waals surface area contributed by atoms with Crippen molar-refractivity contribution < 1.29 is 9.90 Å². The molecule has 94 valence electrons. The van der Waals surface area contributed by atoms with Gasteiger partial charge in [0.25, 0.3) is 0 Å². The molecule has 2 heterocycles. The Morgan fingerprint density at radius 1 is 1.41 bits per heavy atom. The lowest BCUT2D eigenvalue weighted by atomic mass is 10.1. The van der Waals surface area contributed by atoms with E-state index >= 15 is 0 Å². The van der Waals surface area contributed by atoms with Crippen LogP contribution in [0.5, 0.6) is 0 Å². The van der Waals surface area contributed by atoms with Crippen LogP contribution in [0, 0.1) is 0 Å². The summed E-state index contributed by atoms with van der Waals surface area (Å²) in [5.41, 5.74) is -0.684. The van der Waals surface area contributed by atoms with E-state index in [1.54, 1.807) is 11.8 Å². The molecule has 1 aromatic rings. The number of carbonyl (C=O) groups is 1. The van der Waals surface area contributed by atoms with Crippen molar-refractivity contribution in [1.82, 2.24) is 9.47 Å². The highest BCUT2D eigenvalue weighted by Crippen LogP contribution is 2.21. The number of hydrogen-bond donors (Lipinski definition) is 1. The van der Waals surface area contributed by atoms with Gasteiger partial charge in [0.2, 0.25) is 5.91 Å². The third kappa shape index (κ3) is 3.33. The van der Waals surface area contributed by atoms with Gasteiger partial charge in [0.15, 0.2) is 0 Å². The van der Waals surface area contributed by atoms with E-state index in [0.717, 1.165) is 13.0 Å². The molecule has 1 aromatic heterocycles. The number of aryl methyl sites for hydroxylation is 1. The Bertz CT molecular complexity index is 371. The summed E-state index contributed by atoms with van der Waals surface area (Å²) < 4.78 is 2.08. The molecule has 0 aromatic carbocycles. The topological polar surface area (TPSA) is 45.5 Å². The summed E-state index contributed by atoms with van der Waals surface area (Å²) >= 11 is 0. The van der Waals surface area contributed by atoms with Gasteiger partial charge in [0.1, 0.15) is 0 Å². The average molecular weight is 236 g/mol. The lowest BCUT2D eigenvalue weighted by molar-refractivity contribution is -0.131. The first-order valence-electron chi connectivity index (χ1n) is 6.18. The van der Waals surface area contributed by atoms with E-state index in [-0.39, 0.29) is 5.91 Å². The van der Waals surface area contributed by atoms with Gasteiger partial charge >= 0.3 is 0 Å². The summed E-state index contributed by atoms with van der Waals surface area (Å²) in [6.07, 6.45) is 6.12. The highest BCUT2D eigenvalue weighted by molar-refractivity contribution is 5.76. The predicted octanol–water partition coefficient (Wildman–Crippen LogP) is 1.25. The second-order valence-corrected chi connectivity index (χ2v) is 5.09. The van der Waals surface area contributed by atoms with E-state index in [0.29, 0.717) is 25.9 Å². The Balaban J connectivity index is 1.71. The number of rotatable bonds is 4. The van der Waals surface area contributed by atoms with E-state index in [1.165, 1.54) is 0 Å². The molecule has 2 rings (SSSR count). The molecule has 0 spiro atoms. The quantitative estimate of drug-likeness (QED) is 0.855. The molecule has 0 radical (unpaired) electrons. The molecule has 4 nitrogen and oxygen atoms in total. The van der Waals surface area contributed by atoms with E-state index < -0.39 is 5.60 Å². The number of β-amino-alcohol motifs (C(OH)–C–C–N with tert-alkyl or cyclic N) is 1. The van der Waals surface area contributed by atoms with Gasteiger partial charge in [-0.25, -0.2) is 0 Å². The van der Waals surface area contributed by atoms with Crippen LogP contribution in [0.3, 0.4) is 0 Å². The molecule has 0 saturated carbocycles. The van der Waals surface area contributed by atoms with Crippen LogP contribution in [0.25, 0.3) is 0 Å². The molecule has 4 heteroatoms. The molecule has 17 heavy (non-hydrogen) atoms. The van der Waals surface area contributed by atoms with E-state index in [2.05, 4.69) is 4.57 Å². The monoisotopic (exact) mass is 236 g/mol. The van der Waals surface area contributed by atoms with Gasteiger partial charge in [-0.1, -0.05) is 0 Å². The van der Waals surface area contributed by atoms with Crippen LogP contribution < -0.4 is 0 Å². The first-order chi connectivity index (χ1) is 8.07. The minimum atomic E-state index is -0.684. The number of carbonyl (C=O) groups excluding carboxylic acids is 1. The van der Waals surface area contributed by atoms with Gasteiger partial charge in [0, 0.05) is 38.4 Å². The zero-order valence-electron chi connectivity index (χ0n) is 10.3. The molecule has 0 aliphatic carbocycles. The van der Waals surface area contributed by atoms with Crippen LogP contribution in [0.15, 0.2) is 24.5 Å². The summed E-state index contributed by atoms with van der Waals surface area (Å²) in [4.78, 5) is 13.6. The Morgan fingerprint density at radius 2 is 2.12 bits per heavy atom. The van der Waals surface area contributed by atoms with Gasteiger partial charge in [0.05, 0.1) is 5.60 Å². The Labute approximate surface area is 102 Å². The van der Waals surface area contributed by atoms with E-state index in [4.69, 9.17) is 0 Å².